The normalized spacial score (nSPS) is 17.1. The minimum atomic E-state index is -2.05. The SMILES string of the molecule is [CH3][Sn]([CH3])([CH3])[c]1cc(OCCN2CCCC2)ccn1. The molecule has 0 N–H and O–H groups in total. The van der Waals surface area contributed by atoms with Crippen molar-refractivity contribution in [1.82, 2.24) is 9.88 Å². The van der Waals surface area contributed by atoms with Crippen molar-refractivity contribution in [2.45, 2.75) is 27.7 Å². The summed E-state index contributed by atoms with van der Waals surface area (Å²) >= 11 is -2.05. The van der Waals surface area contributed by atoms with Gasteiger partial charge in [-0.2, -0.15) is 0 Å². The van der Waals surface area contributed by atoms with Crippen molar-refractivity contribution in [3.05, 3.63) is 18.3 Å². The first-order valence-electron chi connectivity index (χ1n) is 6.87. The van der Waals surface area contributed by atoms with Crippen LogP contribution >= 0.6 is 0 Å². The summed E-state index contributed by atoms with van der Waals surface area (Å²) in [7, 11) is 0. The first-order chi connectivity index (χ1) is 8.55. The van der Waals surface area contributed by atoms with Gasteiger partial charge in [-0.1, -0.05) is 0 Å². The van der Waals surface area contributed by atoms with Gasteiger partial charge in [-0.3, -0.25) is 0 Å². The Kier molecular flexibility index (Phi) is 4.90. The number of likely N-dealkylation sites (tertiary alicyclic amines) is 1. The first-order valence-corrected chi connectivity index (χ1v) is 16.9. The molecule has 1 aliphatic rings. The Bertz CT molecular complexity index is 384. The van der Waals surface area contributed by atoms with Crippen LogP contribution in [0.15, 0.2) is 18.3 Å². The summed E-state index contributed by atoms with van der Waals surface area (Å²) in [6.45, 7) is 4.33. The molecule has 0 aromatic carbocycles. The molecule has 0 aliphatic carbocycles. The molecule has 2 rings (SSSR count). The number of hydrogen-bond donors (Lipinski definition) is 0. The van der Waals surface area contributed by atoms with Crippen LogP contribution in [0.25, 0.3) is 0 Å². The molecule has 0 atom stereocenters. The van der Waals surface area contributed by atoms with Crippen LogP contribution in [0, 0.1) is 0 Å². The summed E-state index contributed by atoms with van der Waals surface area (Å²) in [4.78, 5) is 14.1. The quantitative estimate of drug-likeness (QED) is 0.757. The maximum absolute atomic E-state index is 5.86. The third kappa shape index (κ3) is 4.12. The van der Waals surface area contributed by atoms with E-state index in [-0.39, 0.29) is 0 Å². The van der Waals surface area contributed by atoms with E-state index >= 15 is 0 Å². The van der Waals surface area contributed by atoms with Gasteiger partial charge in [-0.25, -0.2) is 0 Å². The van der Waals surface area contributed by atoms with Gasteiger partial charge in [0.1, 0.15) is 0 Å². The summed E-state index contributed by atoms with van der Waals surface area (Å²) in [5.41, 5.74) is 0. The van der Waals surface area contributed by atoms with Gasteiger partial charge in [0, 0.05) is 0 Å². The predicted molar refractivity (Wildman–Crippen MR) is 78.4 cm³/mol. The molecule has 0 amide bonds. The zero-order chi connectivity index (χ0) is 13.0. The Morgan fingerprint density at radius 3 is 2.67 bits per heavy atom. The van der Waals surface area contributed by atoms with Crippen LogP contribution in [0.5, 0.6) is 5.75 Å². The van der Waals surface area contributed by atoms with Crippen molar-refractivity contribution >= 4 is 22.1 Å². The van der Waals surface area contributed by atoms with Crippen LogP contribution in [0.4, 0.5) is 0 Å². The topological polar surface area (TPSA) is 25.4 Å². The van der Waals surface area contributed by atoms with Crippen molar-refractivity contribution in [3.8, 4) is 5.75 Å². The number of hydrogen-bond acceptors (Lipinski definition) is 3. The maximum atomic E-state index is 5.86. The van der Waals surface area contributed by atoms with Gasteiger partial charge in [-0.15, -0.1) is 0 Å². The van der Waals surface area contributed by atoms with Crippen LogP contribution in [0.2, 0.25) is 14.8 Å². The van der Waals surface area contributed by atoms with Crippen LogP contribution < -0.4 is 8.45 Å². The van der Waals surface area contributed by atoms with Gasteiger partial charge in [0.25, 0.3) is 0 Å². The molecular formula is C14H24N2OSn. The fraction of sp³-hybridized carbons (Fsp3) is 0.643. The van der Waals surface area contributed by atoms with Crippen LogP contribution in [0.3, 0.4) is 0 Å². The second-order valence-corrected chi connectivity index (χ2v) is 20.3. The number of pyridine rings is 1. The number of ether oxygens (including phenoxy) is 1. The van der Waals surface area contributed by atoms with E-state index in [0.29, 0.717) is 0 Å². The van der Waals surface area contributed by atoms with E-state index in [1.165, 1.54) is 29.6 Å². The predicted octanol–water partition coefficient (Wildman–Crippen LogP) is 2.10. The standard InChI is InChI=1S/C11H15N2O.3CH3.Sn/c1-2-8-13(7-1)9-10-14-11-3-5-12-6-4-11;;;;/h3-5H,1-2,7-10H2;3*1H3;. The fourth-order valence-corrected chi connectivity index (χ4v) is 5.17. The Morgan fingerprint density at radius 1 is 1.28 bits per heavy atom. The van der Waals surface area contributed by atoms with Gasteiger partial charge >= 0.3 is 115 Å². The Morgan fingerprint density at radius 2 is 2.00 bits per heavy atom. The van der Waals surface area contributed by atoms with Crippen LogP contribution in [0.1, 0.15) is 12.8 Å². The first kappa shape index (κ1) is 14.1. The Hall–Kier alpha value is -0.291. The molecule has 0 bridgehead atoms. The number of aromatic nitrogens is 1. The van der Waals surface area contributed by atoms with Crippen molar-refractivity contribution in [2.24, 2.45) is 0 Å². The van der Waals surface area contributed by atoms with E-state index in [9.17, 15) is 0 Å². The molecule has 2 heterocycles. The molecule has 18 heavy (non-hydrogen) atoms. The molecule has 0 spiro atoms. The van der Waals surface area contributed by atoms with Gasteiger partial charge in [-0.05, 0) is 0 Å². The molecule has 0 unspecified atom stereocenters. The van der Waals surface area contributed by atoms with E-state index < -0.39 is 18.4 Å². The van der Waals surface area contributed by atoms with E-state index in [0.717, 1.165) is 18.9 Å². The molecule has 1 saturated heterocycles. The third-order valence-corrected chi connectivity index (χ3v) is 8.54. The fourth-order valence-electron chi connectivity index (χ4n) is 2.21. The van der Waals surface area contributed by atoms with Gasteiger partial charge in [0.2, 0.25) is 0 Å². The van der Waals surface area contributed by atoms with E-state index in [1.807, 2.05) is 12.3 Å². The molecule has 1 aromatic heterocycles. The molecule has 1 fully saturated rings. The zero-order valence-electron chi connectivity index (χ0n) is 11.8. The average Bonchev–Trinajstić information content (AvgIpc) is 2.81. The van der Waals surface area contributed by atoms with Crippen molar-refractivity contribution in [3.63, 3.8) is 0 Å². The summed E-state index contributed by atoms with van der Waals surface area (Å²) in [6.07, 6.45) is 4.58. The van der Waals surface area contributed by atoms with Crippen molar-refractivity contribution < 1.29 is 4.74 Å². The van der Waals surface area contributed by atoms with E-state index in [1.54, 1.807) is 0 Å². The second-order valence-electron chi connectivity index (χ2n) is 6.02. The Balaban J connectivity index is 1.85. The van der Waals surface area contributed by atoms with E-state index in [2.05, 4.69) is 30.8 Å². The molecule has 1 aromatic rings. The van der Waals surface area contributed by atoms with Crippen LogP contribution in [-0.4, -0.2) is 54.5 Å². The van der Waals surface area contributed by atoms with Gasteiger partial charge in [0.05, 0.1) is 0 Å². The third-order valence-electron chi connectivity index (χ3n) is 3.37. The molecule has 0 radical (unpaired) electrons. The van der Waals surface area contributed by atoms with Gasteiger partial charge in [0.15, 0.2) is 0 Å². The summed E-state index contributed by atoms with van der Waals surface area (Å²) in [5, 5.41) is 0. The molecule has 1 aliphatic heterocycles. The number of rotatable bonds is 5. The van der Waals surface area contributed by atoms with Crippen molar-refractivity contribution in [1.29, 1.82) is 0 Å². The Labute approximate surface area is 114 Å². The minimum absolute atomic E-state index is 0.795. The monoisotopic (exact) mass is 356 g/mol. The molecule has 3 nitrogen and oxygen atoms in total. The summed E-state index contributed by atoms with van der Waals surface area (Å²) in [6, 6.07) is 4.13. The average molecular weight is 355 g/mol. The molecule has 0 saturated carbocycles. The molecular weight excluding hydrogens is 331 g/mol. The summed E-state index contributed by atoms with van der Waals surface area (Å²) < 4.78 is 7.15. The summed E-state index contributed by atoms with van der Waals surface area (Å²) in [5.74, 6) is 0.992. The number of nitrogens with zero attached hydrogens (tertiary/aromatic N) is 2. The second kappa shape index (κ2) is 6.24. The van der Waals surface area contributed by atoms with Crippen molar-refractivity contribution in [2.75, 3.05) is 26.2 Å². The van der Waals surface area contributed by atoms with Crippen LogP contribution in [-0.2, 0) is 0 Å². The zero-order valence-corrected chi connectivity index (χ0v) is 14.6. The molecule has 100 valence electrons. The van der Waals surface area contributed by atoms with E-state index in [4.69, 9.17) is 4.74 Å². The molecule has 4 heteroatoms. The van der Waals surface area contributed by atoms with Gasteiger partial charge < -0.3 is 0 Å².